The summed E-state index contributed by atoms with van der Waals surface area (Å²) in [4.78, 5) is 2.56. The van der Waals surface area contributed by atoms with E-state index >= 15 is 0 Å². The van der Waals surface area contributed by atoms with Crippen LogP contribution in [0.25, 0.3) is 0 Å². The third kappa shape index (κ3) is 9.17. The molecule has 0 aromatic rings. The number of unbranched alkanes of at least 4 members (excludes halogenated alkanes) is 2. The van der Waals surface area contributed by atoms with E-state index < -0.39 is 0 Å². The van der Waals surface area contributed by atoms with Gasteiger partial charge in [0.25, 0.3) is 0 Å². The summed E-state index contributed by atoms with van der Waals surface area (Å²) in [5, 5.41) is 3.53. The highest BCUT2D eigenvalue weighted by atomic mass is 15.1. The van der Waals surface area contributed by atoms with Crippen LogP contribution in [0, 0.1) is 5.92 Å². The second-order valence-corrected chi connectivity index (χ2v) is 4.86. The number of nitrogens with one attached hydrogen (secondary N) is 1. The standard InChI is InChI=1S/C14H32N2/c1-5-8-9-10-15-11-12-16(7-3)13-14(4)6-2/h14-15H,5-13H2,1-4H3. The second kappa shape index (κ2) is 11.4. The Hall–Kier alpha value is -0.0800. The molecular formula is C14H32N2. The molecule has 0 aromatic carbocycles. The number of likely N-dealkylation sites (N-methyl/N-ethyl adjacent to an activating group) is 1. The molecule has 2 nitrogen and oxygen atoms in total. The van der Waals surface area contributed by atoms with Gasteiger partial charge in [-0.25, -0.2) is 0 Å². The Bertz CT molecular complexity index is 137. The average Bonchev–Trinajstić information content (AvgIpc) is 2.31. The van der Waals surface area contributed by atoms with Crippen LogP contribution >= 0.6 is 0 Å². The molecule has 0 radical (unpaired) electrons. The van der Waals surface area contributed by atoms with Gasteiger partial charge in [0, 0.05) is 19.6 Å². The Balaban J connectivity index is 3.40. The van der Waals surface area contributed by atoms with Gasteiger partial charge < -0.3 is 10.2 Å². The van der Waals surface area contributed by atoms with Crippen LogP contribution in [0.4, 0.5) is 0 Å². The van der Waals surface area contributed by atoms with E-state index in [1.807, 2.05) is 0 Å². The normalized spacial score (nSPS) is 13.3. The molecule has 0 fully saturated rings. The molecule has 0 aliphatic carbocycles. The predicted octanol–water partition coefficient (Wildman–Crippen LogP) is 3.13. The van der Waals surface area contributed by atoms with Crippen LogP contribution in [-0.4, -0.2) is 37.6 Å². The fraction of sp³-hybridized carbons (Fsp3) is 1.00. The zero-order valence-corrected chi connectivity index (χ0v) is 11.9. The topological polar surface area (TPSA) is 15.3 Å². The van der Waals surface area contributed by atoms with E-state index in [0.29, 0.717) is 0 Å². The maximum atomic E-state index is 3.53. The molecule has 0 saturated carbocycles. The molecule has 0 saturated heterocycles. The van der Waals surface area contributed by atoms with Gasteiger partial charge in [-0.15, -0.1) is 0 Å². The van der Waals surface area contributed by atoms with Crippen LogP contribution in [0.1, 0.15) is 53.4 Å². The van der Waals surface area contributed by atoms with E-state index in [9.17, 15) is 0 Å². The van der Waals surface area contributed by atoms with Gasteiger partial charge >= 0.3 is 0 Å². The van der Waals surface area contributed by atoms with Crippen molar-refractivity contribution in [2.75, 3.05) is 32.7 Å². The van der Waals surface area contributed by atoms with Crippen LogP contribution in [-0.2, 0) is 0 Å². The first kappa shape index (κ1) is 15.9. The van der Waals surface area contributed by atoms with E-state index in [0.717, 1.165) is 12.5 Å². The van der Waals surface area contributed by atoms with Crippen molar-refractivity contribution < 1.29 is 0 Å². The minimum atomic E-state index is 0.833. The lowest BCUT2D eigenvalue weighted by Crippen LogP contribution is -2.35. The van der Waals surface area contributed by atoms with E-state index in [1.165, 1.54) is 51.9 Å². The first-order valence-corrected chi connectivity index (χ1v) is 7.17. The molecule has 1 atom stereocenters. The lowest BCUT2D eigenvalue weighted by molar-refractivity contribution is 0.246. The number of hydrogen-bond donors (Lipinski definition) is 1. The van der Waals surface area contributed by atoms with Crippen molar-refractivity contribution in [3.8, 4) is 0 Å². The zero-order valence-electron chi connectivity index (χ0n) is 11.9. The van der Waals surface area contributed by atoms with E-state index in [-0.39, 0.29) is 0 Å². The molecule has 98 valence electrons. The highest BCUT2D eigenvalue weighted by molar-refractivity contribution is 4.62. The van der Waals surface area contributed by atoms with Crippen molar-refractivity contribution in [2.45, 2.75) is 53.4 Å². The average molecular weight is 228 g/mol. The monoisotopic (exact) mass is 228 g/mol. The zero-order chi connectivity index (χ0) is 12.2. The molecule has 0 aliphatic heterocycles. The smallest absolute Gasteiger partial charge is 0.0107 e. The van der Waals surface area contributed by atoms with Gasteiger partial charge in [0.1, 0.15) is 0 Å². The summed E-state index contributed by atoms with van der Waals surface area (Å²) >= 11 is 0. The second-order valence-electron chi connectivity index (χ2n) is 4.86. The first-order valence-electron chi connectivity index (χ1n) is 7.17. The van der Waals surface area contributed by atoms with Crippen molar-refractivity contribution in [1.82, 2.24) is 10.2 Å². The van der Waals surface area contributed by atoms with Crippen molar-refractivity contribution in [2.24, 2.45) is 5.92 Å². The quantitative estimate of drug-likeness (QED) is 0.547. The van der Waals surface area contributed by atoms with Gasteiger partial charge in [0.05, 0.1) is 0 Å². The Morgan fingerprint density at radius 3 is 2.38 bits per heavy atom. The Labute approximate surface area is 103 Å². The van der Waals surface area contributed by atoms with Gasteiger partial charge in [0.15, 0.2) is 0 Å². The van der Waals surface area contributed by atoms with Crippen LogP contribution in [0.2, 0.25) is 0 Å². The summed E-state index contributed by atoms with van der Waals surface area (Å²) in [5.74, 6) is 0.833. The minimum absolute atomic E-state index is 0.833. The van der Waals surface area contributed by atoms with Crippen LogP contribution in [0.15, 0.2) is 0 Å². The Morgan fingerprint density at radius 2 is 1.81 bits per heavy atom. The fourth-order valence-electron chi connectivity index (χ4n) is 1.81. The van der Waals surface area contributed by atoms with E-state index in [2.05, 4.69) is 37.9 Å². The van der Waals surface area contributed by atoms with Crippen molar-refractivity contribution >= 4 is 0 Å². The van der Waals surface area contributed by atoms with Gasteiger partial charge in [-0.1, -0.05) is 47.0 Å². The van der Waals surface area contributed by atoms with Crippen molar-refractivity contribution in [3.63, 3.8) is 0 Å². The third-order valence-electron chi connectivity index (χ3n) is 3.28. The summed E-state index contributed by atoms with van der Waals surface area (Å²) < 4.78 is 0. The molecule has 0 aromatic heterocycles. The Morgan fingerprint density at radius 1 is 1.06 bits per heavy atom. The maximum Gasteiger partial charge on any atom is 0.0107 e. The molecular weight excluding hydrogens is 196 g/mol. The van der Waals surface area contributed by atoms with Gasteiger partial charge in [-0.3, -0.25) is 0 Å². The van der Waals surface area contributed by atoms with Gasteiger partial charge in [-0.05, 0) is 25.4 Å². The molecule has 0 aliphatic rings. The first-order chi connectivity index (χ1) is 7.74. The van der Waals surface area contributed by atoms with Crippen LogP contribution in [0.3, 0.4) is 0 Å². The molecule has 0 rings (SSSR count). The highest BCUT2D eigenvalue weighted by Crippen LogP contribution is 2.03. The summed E-state index contributed by atoms with van der Waals surface area (Å²) in [5.41, 5.74) is 0. The van der Waals surface area contributed by atoms with E-state index in [4.69, 9.17) is 0 Å². The Kier molecular flexibility index (Phi) is 11.3. The van der Waals surface area contributed by atoms with Crippen LogP contribution in [0.5, 0.6) is 0 Å². The molecule has 2 heteroatoms. The largest absolute Gasteiger partial charge is 0.315 e. The van der Waals surface area contributed by atoms with Crippen molar-refractivity contribution in [1.29, 1.82) is 0 Å². The van der Waals surface area contributed by atoms with Gasteiger partial charge in [-0.2, -0.15) is 0 Å². The number of hydrogen-bond acceptors (Lipinski definition) is 2. The number of nitrogens with zero attached hydrogens (tertiary/aromatic N) is 1. The molecule has 0 bridgehead atoms. The SMILES string of the molecule is CCCCCNCCN(CC)CC(C)CC. The maximum absolute atomic E-state index is 3.53. The van der Waals surface area contributed by atoms with Crippen molar-refractivity contribution in [3.05, 3.63) is 0 Å². The lowest BCUT2D eigenvalue weighted by Gasteiger charge is -2.23. The summed E-state index contributed by atoms with van der Waals surface area (Å²) in [6, 6.07) is 0. The molecule has 0 spiro atoms. The summed E-state index contributed by atoms with van der Waals surface area (Å²) in [6.07, 6.45) is 5.29. The third-order valence-corrected chi connectivity index (χ3v) is 3.28. The van der Waals surface area contributed by atoms with Gasteiger partial charge in [0.2, 0.25) is 0 Å². The molecule has 0 amide bonds. The lowest BCUT2D eigenvalue weighted by atomic mass is 10.1. The minimum Gasteiger partial charge on any atom is -0.315 e. The molecule has 0 heterocycles. The summed E-state index contributed by atoms with van der Waals surface area (Å²) in [6.45, 7) is 15.1. The molecule has 16 heavy (non-hydrogen) atoms. The molecule has 1 unspecified atom stereocenters. The highest BCUT2D eigenvalue weighted by Gasteiger charge is 2.06. The number of rotatable bonds is 11. The van der Waals surface area contributed by atoms with E-state index in [1.54, 1.807) is 0 Å². The van der Waals surface area contributed by atoms with Crippen LogP contribution < -0.4 is 5.32 Å². The predicted molar refractivity (Wildman–Crippen MR) is 74.0 cm³/mol. The summed E-state index contributed by atoms with van der Waals surface area (Å²) in [7, 11) is 0. The fourth-order valence-corrected chi connectivity index (χ4v) is 1.81. The molecule has 1 N–H and O–H groups in total.